The van der Waals surface area contributed by atoms with Gasteiger partial charge in [0.25, 0.3) is 5.89 Å². The zero-order valence-corrected chi connectivity index (χ0v) is 13.5. The Kier molecular flexibility index (Phi) is 3.98. The number of aryl methyl sites for hydroxylation is 3. The second-order valence-electron chi connectivity index (χ2n) is 5.70. The number of benzene rings is 2. The van der Waals surface area contributed by atoms with Crippen molar-refractivity contribution >= 4 is 11.8 Å². The van der Waals surface area contributed by atoms with E-state index in [2.05, 4.69) is 43.0 Å². The van der Waals surface area contributed by atoms with Gasteiger partial charge in [-0.25, -0.2) is 0 Å². The van der Waals surface area contributed by atoms with Gasteiger partial charge in [-0.05, 0) is 37.5 Å². The van der Waals surface area contributed by atoms with Crippen LogP contribution in [0.25, 0.3) is 23.2 Å². The maximum absolute atomic E-state index is 6.09. The second-order valence-corrected chi connectivity index (χ2v) is 5.70. The lowest BCUT2D eigenvalue weighted by Crippen LogP contribution is -1.95. The van der Waals surface area contributed by atoms with Gasteiger partial charge in [0, 0.05) is 17.3 Å². The number of hydrogen-bond donors (Lipinski definition) is 1. The van der Waals surface area contributed by atoms with E-state index in [0.29, 0.717) is 17.4 Å². The van der Waals surface area contributed by atoms with E-state index in [1.54, 1.807) is 6.08 Å². The van der Waals surface area contributed by atoms with Gasteiger partial charge in [-0.15, -0.1) is 0 Å². The van der Waals surface area contributed by atoms with Crippen molar-refractivity contribution in [2.75, 3.05) is 0 Å². The molecule has 4 nitrogen and oxygen atoms in total. The van der Waals surface area contributed by atoms with Crippen LogP contribution in [-0.4, -0.2) is 10.1 Å². The van der Waals surface area contributed by atoms with E-state index in [-0.39, 0.29) is 0 Å². The number of rotatable bonds is 3. The molecule has 3 rings (SSSR count). The molecule has 0 fully saturated rings. The zero-order chi connectivity index (χ0) is 16.4. The van der Waals surface area contributed by atoms with Crippen LogP contribution < -0.4 is 5.73 Å². The van der Waals surface area contributed by atoms with E-state index < -0.39 is 0 Å². The summed E-state index contributed by atoms with van der Waals surface area (Å²) in [5.41, 5.74) is 12.1. The lowest BCUT2D eigenvalue weighted by atomic mass is 9.99. The number of nitrogens with two attached hydrogens (primary N) is 1. The van der Waals surface area contributed by atoms with Crippen molar-refractivity contribution in [2.24, 2.45) is 5.73 Å². The van der Waals surface area contributed by atoms with E-state index >= 15 is 0 Å². The molecule has 2 N–H and O–H groups in total. The van der Waals surface area contributed by atoms with Crippen LogP contribution in [0.15, 0.2) is 47.0 Å². The summed E-state index contributed by atoms with van der Waals surface area (Å²) in [4.78, 5) is 4.46. The lowest BCUT2D eigenvalue weighted by molar-refractivity contribution is 0.411. The standard InChI is InChI=1S/C19H19N3O/c1-12-9-13(2)18(14(3)10-12)19-21-17(23-22-19)11-16(20)15-7-5-4-6-8-15/h4-11H,20H2,1-3H3/b16-11-. The van der Waals surface area contributed by atoms with Crippen LogP contribution in [0.1, 0.15) is 28.1 Å². The molecule has 4 heteroatoms. The predicted octanol–water partition coefficient (Wildman–Crippen LogP) is 4.12. The summed E-state index contributed by atoms with van der Waals surface area (Å²) >= 11 is 0. The van der Waals surface area contributed by atoms with Crippen LogP contribution in [0.5, 0.6) is 0 Å². The maximum Gasteiger partial charge on any atom is 0.253 e. The van der Waals surface area contributed by atoms with Crippen LogP contribution in [0.3, 0.4) is 0 Å². The van der Waals surface area contributed by atoms with Gasteiger partial charge < -0.3 is 10.3 Å². The monoisotopic (exact) mass is 305 g/mol. The summed E-state index contributed by atoms with van der Waals surface area (Å²) in [6, 6.07) is 13.9. The Morgan fingerprint density at radius 2 is 1.70 bits per heavy atom. The first-order valence-electron chi connectivity index (χ1n) is 7.49. The highest BCUT2D eigenvalue weighted by molar-refractivity contribution is 5.77. The van der Waals surface area contributed by atoms with Crippen LogP contribution in [0, 0.1) is 20.8 Å². The molecule has 2 aromatic carbocycles. The van der Waals surface area contributed by atoms with Gasteiger partial charge in [0.15, 0.2) is 0 Å². The van der Waals surface area contributed by atoms with Crippen molar-refractivity contribution in [1.82, 2.24) is 10.1 Å². The van der Waals surface area contributed by atoms with Gasteiger partial charge in [-0.2, -0.15) is 4.98 Å². The third-order valence-electron chi connectivity index (χ3n) is 3.73. The fourth-order valence-corrected chi connectivity index (χ4v) is 2.78. The Bertz CT molecular complexity index is 840. The van der Waals surface area contributed by atoms with Crippen LogP contribution in [0.2, 0.25) is 0 Å². The van der Waals surface area contributed by atoms with Gasteiger partial charge >= 0.3 is 0 Å². The Hall–Kier alpha value is -2.88. The molecule has 0 spiro atoms. The Balaban J connectivity index is 1.96. The van der Waals surface area contributed by atoms with Crippen LogP contribution in [-0.2, 0) is 0 Å². The van der Waals surface area contributed by atoms with Crippen molar-refractivity contribution in [3.63, 3.8) is 0 Å². The summed E-state index contributed by atoms with van der Waals surface area (Å²) in [6.45, 7) is 6.19. The van der Waals surface area contributed by atoms with Crippen LogP contribution in [0.4, 0.5) is 0 Å². The van der Waals surface area contributed by atoms with Crippen molar-refractivity contribution in [3.05, 3.63) is 70.6 Å². The summed E-state index contributed by atoms with van der Waals surface area (Å²) in [5.74, 6) is 0.993. The fourth-order valence-electron chi connectivity index (χ4n) is 2.78. The quantitative estimate of drug-likeness (QED) is 0.790. The topological polar surface area (TPSA) is 64.9 Å². The van der Waals surface area contributed by atoms with Crippen molar-refractivity contribution in [2.45, 2.75) is 20.8 Å². The SMILES string of the molecule is Cc1cc(C)c(-c2noc(/C=C(\N)c3ccccc3)n2)c(C)c1. The summed E-state index contributed by atoms with van der Waals surface area (Å²) in [5, 5.41) is 4.10. The number of nitrogens with zero attached hydrogens (tertiary/aromatic N) is 2. The Labute approximate surface area is 135 Å². The average Bonchev–Trinajstić information content (AvgIpc) is 2.95. The molecule has 0 saturated heterocycles. The molecule has 0 radical (unpaired) electrons. The average molecular weight is 305 g/mol. The Morgan fingerprint density at radius 3 is 2.35 bits per heavy atom. The van der Waals surface area contributed by atoms with Gasteiger partial charge in [-0.1, -0.05) is 53.2 Å². The minimum atomic E-state index is 0.403. The molecular weight excluding hydrogens is 286 g/mol. The molecule has 3 aromatic rings. The van der Waals surface area contributed by atoms with E-state index in [9.17, 15) is 0 Å². The first-order chi connectivity index (χ1) is 11.0. The molecule has 0 bridgehead atoms. The molecule has 1 aromatic heterocycles. The van der Waals surface area contributed by atoms with Gasteiger partial charge in [0.2, 0.25) is 5.82 Å². The summed E-state index contributed by atoms with van der Waals surface area (Å²) in [6.07, 6.45) is 1.70. The molecular formula is C19H19N3O. The first kappa shape index (κ1) is 15.0. The third kappa shape index (κ3) is 3.16. The fraction of sp³-hybridized carbons (Fsp3) is 0.158. The lowest BCUT2D eigenvalue weighted by Gasteiger charge is -2.06. The highest BCUT2D eigenvalue weighted by Gasteiger charge is 2.13. The van der Waals surface area contributed by atoms with Gasteiger partial charge in [0.05, 0.1) is 0 Å². The van der Waals surface area contributed by atoms with Gasteiger partial charge in [-0.3, -0.25) is 0 Å². The molecule has 23 heavy (non-hydrogen) atoms. The molecule has 116 valence electrons. The first-order valence-corrected chi connectivity index (χ1v) is 7.49. The molecule has 0 aliphatic heterocycles. The third-order valence-corrected chi connectivity index (χ3v) is 3.73. The minimum absolute atomic E-state index is 0.403. The molecule has 0 amide bonds. The summed E-state index contributed by atoms with van der Waals surface area (Å²) < 4.78 is 5.33. The van der Waals surface area contributed by atoms with Crippen LogP contribution >= 0.6 is 0 Å². The van der Waals surface area contributed by atoms with Crippen molar-refractivity contribution in [1.29, 1.82) is 0 Å². The van der Waals surface area contributed by atoms with Gasteiger partial charge in [0.1, 0.15) is 0 Å². The normalized spacial score (nSPS) is 11.7. The smallest absolute Gasteiger partial charge is 0.253 e. The molecule has 0 aliphatic rings. The van der Waals surface area contributed by atoms with E-state index in [1.165, 1.54) is 5.56 Å². The second kappa shape index (κ2) is 6.08. The maximum atomic E-state index is 6.09. The molecule has 1 heterocycles. The van der Waals surface area contributed by atoms with E-state index in [4.69, 9.17) is 10.3 Å². The highest BCUT2D eigenvalue weighted by Crippen LogP contribution is 2.26. The van der Waals surface area contributed by atoms with Crippen molar-refractivity contribution in [3.8, 4) is 11.4 Å². The highest BCUT2D eigenvalue weighted by atomic mass is 16.5. The minimum Gasteiger partial charge on any atom is -0.398 e. The zero-order valence-electron chi connectivity index (χ0n) is 13.5. The predicted molar refractivity (Wildman–Crippen MR) is 92.4 cm³/mol. The van der Waals surface area contributed by atoms with E-state index in [0.717, 1.165) is 22.3 Å². The summed E-state index contributed by atoms with van der Waals surface area (Å²) in [7, 11) is 0. The molecule has 0 aliphatic carbocycles. The number of aromatic nitrogens is 2. The molecule has 0 unspecified atom stereocenters. The largest absolute Gasteiger partial charge is 0.398 e. The molecule has 0 atom stereocenters. The number of hydrogen-bond acceptors (Lipinski definition) is 4. The Morgan fingerprint density at radius 1 is 1.04 bits per heavy atom. The molecule has 0 saturated carbocycles. The van der Waals surface area contributed by atoms with Crippen molar-refractivity contribution < 1.29 is 4.52 Å². The van der Waals surface area contributed by atoms with E-state index in [1.807, 2.05) is 30.3 Å².